The van der Waals surface area contributed by atoms with E-state index in [4.69, 9.17) is 15.2 Å². The van der Waals surface area contributed by atoms with Gasteiger partial charge in [0.1, 0.15) is 42.8 Å². The maximum absolute atomic E-state index is 12.4. The highest BCUT2D eigenvalue weighted by molar-refractivity contribution is 5.84. The predicted molar refractivity (Wildman–Crippen MR) is 97.0 cm³/mol. The van der Waals surface area contributed by atoms with Gasteiger partial charge >= 0.3 is 5.97 Å². The Hall–Kier alpha value is -2.83. The summed E-state index contributed by atoms with van der Waals surface area (Å²) >= 11 is 0. The second-order valence-corrected chi connectivity index (χ2v) is 7.13. The van der Waals surface area contributed by atoms with Gasteiger partial charge in [-0.15, -0.1) is 0 Å². The van der Waals surface area contributed by atoms with Crippen molar-refractivity contribution in [3.8, 4) is 0 Å². The number of imidazole rings is 1. The van der Waals surface area contributed by atoms with Crippen LogP contribution in [0.15, 0.2) is 12.7 Å². The first-order chi connectivity index (χ1) is 13.9. The Balaban J connectivity index is 1.44. The van der Waals surface area contributed by atoms with E-state index < -0.39 is 36.6 Å². The van der Waals surface area contributed by atoms with Crippen LogP contribution in [0.5, 0.6) is 0 Å². The van der Waals surface area contributed by atoms with Gasteiger partial charge in [0.15, 0.2) is 17.7 Å². The van der Waals surface area contributed by atoms with Crippen molar-refractivity contribution < 1.29 is 29.3 Å². The third-order valence-corrected chi connectivity index (χ3v) is 5.32. The van der Waals surface area contributed by atoms with Gasteiger partial charge in [0.25, 0.3) is 0 Å². The Morgan fingerprint density at radius 2 is 2.10 bits per heavy atom. The van der Waals surface area contributed by atoms with Gasteiger partial charge in [0.05, 0.1) is 6.33 Å². The second kappa shape index (κ2) is 7.54. The average Bonchev–Trinajstić information content (AvgIpc) is 3.40. The van der Waals surface area contributed by atoms with Gasteiger partial charge in [-0.3, -0.25) is 9.36 Å². The van der Waals surface area contributed by atoms with Crippen molar-refractivity contribution in [2.24, 2.45) is 0 Å². The summed E-state index contributed by atoms with van der Waals surface area (Å²) in [6, 6.07) is -0.635. The molecule has 0 aromatic carbocycles. The lowest BCUT2D eigenvalue weighted by Crippen LogP contribution is -2.42. The second-order valence-electron chi connectivity index (χ2n) is 7.13. The molecule has 4 heterocycles. The van der Waals surface area contributed by atoms with E-state index in [-0.39, 0.29) is 18.3 Å². The molecule has 0 aliphatic carbocycles. The van der Waals surface area contributed by atoms with Crippen LogP contribution >= 0.6 is 0 Å². The molecule has 1 amide bonds. The normalized spacial score (nSPS) is 29.5. The van der Waals surface area contributed by atoms with Crippen LogP contribution in [0.25, 0.3) is 11.2 Å². The summed E-state index contributed by atoms with van der Waals surface area (Å²) in [5.41, 5.74) is 6.45. The number of aliphatic hydroxyl groups is 2. The van der Waals surface area contributed by atoms with E-state index in [1.54, 1.807) is 0 Å². The lowest BCUT2D eigenvalue weighted by atomic mass is 10.1. The Kier molecular flexibility index (Phi) is 5.06. The van der Waals surface area contributed by atoms with Gasteiger partial charge in [0, 0.05) is 13.5 Å². The summed E-state index contributed by atoms with van der Waals surface area (Å²) < 4.78 is 12.5. The number of nitrogen functional groups attached to an aromatic ring is 1. The van der Waals surface area contributed by atoms with E-state index in [0.717, 1.165) is 6.42 Å². The summed E-state index contributed by atoms with van der Waals surface area (Å²) in [5, 5.41) is 20.8. The van der Waals surface area contributed by atoms with Crippen molar-refractivity contribution in [3.05, 3.63) is 12.7 Å². The van der Waals surface area contributed by atoms with Crippen LogP contribution in [0.4, 0.5) is 5.82 Å². The van der Waals surface area contributed by atoms with Crippen LogP contribution in [-0.2, 0) is 19.1 Å². The molecule has 12 heteroatoms. The van der Waals surface area contributed by atoms with Crippen molar-refractivity contribution in [2.45, 2.75) is 50.3 Å². The molecule has 156 valence electrons. The lowest BCUT2D eigenvalue weighted by Gasteiger charge is -2.22. The highest BCUT2D eigenvalue weighted by Gasteiger charge is 2.45. The molecular formula is C17H22N6O6. The minimum Gasteiger partial charge on any atom is -0.461 e. The molecule has 4 N–H and O–H groups in total. The lowest BCUT2D eigenvalue weighted by molar-refractivity contribution is -0.158. The maximum atomic E-state index is 12.4. The fourth-order valence-corrected chi connectivity index (χ4v) is 3.80. The first-order valence-electron chi connectivity index (χ1n) is 9.27. The van der Waals surface area contributed by atoms with Crippen molar-refractivity contribution in [2.75, 3.05) is 18.9 Å². The largest absolute Gasteiger partial charge is 0.461 e. The molecule has 0 bridgehead atoms. The summed E-state index contributed by atoms with van der Waals surface area (Å²) in [7, 11) is 0. The molecule has 4 rings (SSSR count). The van der Waals surface area contributed by atoms with Crippen LogP contribution in [-0.4, -0.2) is 84.0 Å². The number of carbonyl (C=O) groups excluding carboxylic acids is 2. The SMILES string of the molecule is CC(=O)N1CCCC1C(=O)OC[C@H]1O[C@@H](n2cnc3c(N)ncnc32)[C@H](O)[C@@H]1O. The number of esters is 1. The summed E-state index contributed by atoms with van der Waals surface area (Å²) in [6.45, 7) is 1.65. The predicted octanol–water partition coefficient (Wildman–Crippen LogP) is -1.42. The third kappa shape index (κ3) is 3.39. The van der Waals surface area contributed by atoms with E-state index in [1.165, 1.54) is 29.0 Å². The molecule has 0 saturated carbocycles. The molecule has 2 fully saturated rings. The van der Waals surface area contributed by atoms with Crippen LogP contribution in [0.2, 0.25) is 0 Å². The molecule has 2 aromatic rings. The number of ether oxygens (including phenoxy) is 2. The molecule has 2 saturated heterocycles. The number of carbonyl (C=O) groups is 2. The molecule has 2 aliphatic rings. The van der Waals surface area contributed by atoms with Gasteiger partial charge < -0.3 is 30.3 Å². The number of aromatic nitrogens is 4. The third-order valence-electron chi connectivity index (χ3n) is 5.32. The highest BCUT2D eigenvalue weighted by atomic mass is 16.6. The summed E-state index contributed by atoms with van der Waals surface area (Å²) in [4.78, 5) is 37.5. The summed E-state index contributed by atoms with van der Waals surface area (Å²) in [5.74, 6) is -0.566. The van der Waals surface area contributed by atoms with Gasteiger partial charge in [-0.1, -0.05) is 0 Å². The first-order valence-corrected chi connectivity index (χ1v) is 9.27. The molecule has 12 nitrogen and oxygen atoms in total. The zero-order valence-electron chi connectivity index (χ0n) is 15.7. The van der Waals surface area contributed by atoms with Crippen LogP contribution < -0.4 is 5.73 Å². The molecular weight excluding hydrogens is 384 g/mol. The standard InChI is InChI=1S/C17H22N6O6/c1-8(24)22-4-2-3-9(22)17(27)28-5-10-12(25)13(26)16(29-10)23-7-21-11-14(18)19-6-20-15(11)23/h6-7,9-10,12-13,16,25-26H,2-5H2,1H3,(H2,18,19,20)/t9?,10-,12-,13-,16-/m1/s1. The number of fused-ring (bicyclic) bond motifs is 1. The average molecular weight is 406 g/mol. The van der Waals surface area contributed by atoms with Gasteiger partial charge in [0.2, 0.25) is 5.91 Å². The molecule has 2 aliphatic heterocycles. The van der Waals surface area contributed by atoms with Crippen molar-refractivity contribution in [3.63, 3.8) is 0 Å². The van der Waals surface area contributed by atoms with Crippen molar-refractivity contribution >= 4 is 28.9 Å². The highest BCUT2D eigenvalue weighted by Crippen LogP contribution is 2.32. The zero-order valence-corrected chi connectivity index (χ0v) is 15.7. The number of hydrogen-bond acceptors (Lipinski definition) is 10. The van der Waals surface area contributed by atoms with Gasteiger partial charge in [-0.25, -0.2) is 19.7 Å². The number of nitrogens with two attached hydrogens (primary N) is 1. The minimum absolute atomic E-state index is 0.179. The number of amides is 1. The molecule has 5 atom stereocenters. The molecule has 0 spiro atoms. The Morgan fingerprint density at radius 1 is 1.31 bits per heavy atom. The van der Waals surface area contributed by atoms with Crippen LogP contribution in [0.1, 0.15) is 26.0 Å². The first kappa shape index (κ1) is 19.5. The fourth-order valence-electron chi connectivity index (χ4n) is 3.80. The minimum atomic E-state index is -1.30. The van der Waals surface area contributed by atoms with Gasteiger partial charge in [-0.2, -0.15) is 0 Å². The van der Waals surface area contributed by atoms with E-state index in [0.29, 0.717) is 24.1 Å². The zero-order chi connectivity index (χ0) is 20.7. The summed E-state index contributed by atoms with van der Waals surface area (Å²) in [6.07, 6.45) is -0.648. The van der Waals surface area contributed by atoms with E-state index in [1.807, 2.05) is 0 Å². The number of rotatable bonds is 4. The molecule has 1 unspecified atom stereocenters. The number of nitrogens with zero attached hydrogens (tertiary/aromatic N) is 5. The maximum Gasteiger partial charge on any atom is 0.328 e. The monoisotopic (exact) mass is 406 g/mol. The molecule has 2 aromatic heterocycles. The number of likely N-dealkylation sites (tertiary alicyclic amines) is 1. The van der Waals surface area contributed by atoms with Crippen LogP contribution in [0.3, 0.4) is 0 Å². The number of hydrogen-bond donors (Lipinski definition) is 3. The van der Waals surface area contributed by atoms with Crippen LogP contribution in [0, 0.1) is 0 Å². The molecule has 0 radical (unpaired) electrons. The smallest absolute Gasteiger partial charge is 0.328 e. The van der Waals surface area contributed by atoms with E-state index in [9.17, 15) is 19.8 Å². The fraction of sp³-hybridized carbons (Fsp3) is 0.588. The Bertz CT molecular complexity index is 934. The Labute approximate surface area is 165 Å². The number of aliphatic hydroxyl groups excluding tert-OH is 2. The van der Waals surface area contributed by atoms with E-state index >= 15 is 0 Å². The quantitative estimate of drug-likeness (QED) is 0.513. The number of anilines is 1. The van der Waals surface area contributed by atoms with E-state index in [2.05, 4.69) is 15.0 Å². The Morgan fingerprint density at radius 3 is 2.86 bits per heavy atom. The van der Waals surface area contributed by atoms with Gasteiger partial charge in [-0.05, 0) is 12.8 Å². The molecule has 29 heavy (non-hydrogen) atoms. The topological polar surface area (TPSA) is 166 Å². The van der Waals surface area contributed by atoms with Crippen molar-refractivity contribution in [1.29, 1.82) is 0 Å². The van der Waals surface area contributed by atoms with Crippen molar-refractivity contribution in [1.82, 2.24) is 24.4 Å².